The molecular formula is C13H19IO4. The van der Waals surface area contributed by atoms with Gasteiger partial charge in [0.05, 0.1) is 0 Å². The Kier molecular flexibility index (Phi) is 5.19. The van der Waals surface area contributed by atoms with Gasteiger partial charge in [-0.25, -0.2) is 0 Å². The molecule has 1 aliphatic rings. The molecule has 1 heterocycles. The zero-order valence-corrected chi connectivity index (χ0v) is 13.3. The third kappa shape index (κ3) is 4.59. The second-order valence-corrected chi connectivity index (χ2v) is 6.16. The number of hydrogen-bond donors (Lipinski definition) is 0. The summed E-state index contributed by atoms with van der Waals surface area (Å²) in [6.07, 6.45) is 0.879. The van der Waals surface area contributed by atoms with E-state index < -0.39 is 23.5 Å². The summed E-state index contributed by atoms with van der Waals surface area (Å²) < 4.78 is 12.4. The van der Waals surface area contributed by atoms with Crippen molar-refractivity contribution in [2.24, 2.45) is 5.92 Å². The Labute approximate surface area is 121 Å². The predicted molar refractivity (Wildman–Crippen MR) is 76.2 cm³/mol. The lowest BCUT2D eigenvalue weighted by Gasteiger charge is -2.20. The summed E-state index contributed by atoms with van der Waals surface area (Å²) in [5, 5.41) is 0. The minimum atomic E-state index is -0.767. The molecule has 0 aromatic rings. The number of hydrogen-bond acceptors (Lipinski definition) is 4. The maximum absolute atomic E-state index is 11.8. The molecule has 4 nitrogen and oxygen atoms in total. The molecule has 0 spiro atoms. The van der Waals surface area contributed by atoms with Gasteiger partial charge in [0, 0.05) is 12.8 Å². The van der Waals surface area contributed by atoms with E-state index in [-0.39, 0.29) is 6.10 Å². The van der Waals surface area contributed by atoms with Gasteiger partial charge >= 0.3 is 11.9 Å². The normalized spacial score (nSPS) is 24.9. The van der Waals surface area contributed by atoms with E-state index in [2.05, 4.69) is 22.6 Å². The van der Waals surface area contributed by atoms with E-state index in [0.717, 1.165) is 5.57 Å². The molecule has 0 N–H and O–H groups in total. The third-order valence-electron chi connectivity index (χ3n) is 2.49. The van der Waals surface area contributed by atoms with Gasteiger partial charge in [-0.1, -0.05) is 28.2 Å². The fraction of sp³-hybridized carbons (Fsp3) is 0.692. The van der Waals surface area contributed by atoms with E-state index in [1.807, 2.05) is 11.0 Å². The van der Waals surface area contributed by atoms with Gasteiger partial charge in [0.2, 0.25) is 0 Å². The molecule has 2 atom stereocenters. The van der Waals surface area contributed by atoms with Crippen molar-refractivity contribution in [1.29, 1.82) is 0 Å². The van der Waals surface area contributed by atoms with Crippen molar-refractivity contribution >= 4 is 34.5 Å². The molecule has 1 rings (SSSR count). The molecule has 0 aromatic carbocycles. The number of cyclic esters (lactones) is 1. The van der Waals surface area contributed by atoms with Crippen LogP contribution in [-0.2, 0) is 19.1 Å². The number of halogens is 1. The van der Waals surface area contributed by atoms with Crippen LogP contribution in [0.25, 0.3) is 0 Å². The van der Waals surface area contributed by atoms with E-state index in [1.165, 1.54) is 0 Å². The fourth-order valence-electron chi connectivity index (χ4n) is 1.75. The van der Waals surface area contributed by atoms with Crippen molar-refractivity contribution in [1.82, 2.24) is 0 Å². The molecule has 5 heteroatoms. The second kappa shape index (κ2) is 6.04. The molecule has 0 amide bonds. The summed E-state index contributed by atoms with van der Waals surface area (Å²) in [6.45, 7) is 7.32. The average molecular weight is 366 g/mol. The molecule has 1 saturated heterocycles. The van der Waals surface area contributed by atoms with Gasteiger partial charge < -0.3 is 9.47 Å². The van der Waals surface area contributed by atoms with Crippen LogP contribution in [0, 0.1) is 5.92 Å². The van der Waals surface area contributed by atoms with E-state index in [4.69, 9.17) is 9.47 Å². The summed E-state index contributed by atoms with van der Waals surface area (Å²) in [6, 6.07) is 0. The van der Waals surface area contributed by atoms with Crippen molar-refractivity contribution in [3.8, 4) is 0 Å². The van der Waals surface area contributed by atoms with Crippen LogP contribution in [0.2, 0.25) is 0 Å². The Morgan fingerprint density at radius 3 is 2.67 bits per heavy atom. The first-order valence-corrected chi connectivity index (χ1v) is 7.16. The maximum atomic E-state index is 11.8. The van der Waals surface area contributed by atoms with Crippen LogP contribution in [0.3, 0.4) is 0 Å². The Balaban J connectivity index is 2.59. The van der Waals surface area contributed by atoms with E-state index in [0.29, 0.717) is 12.8 Å². The topological polar surface area (TPSA) is 52.6 Å². The zero-order valence-electron chi connectivity index (χ0n) is 11.2. The zero-order chi connectivity index (χ0) is 13.9. The molecule has 0 saturated carbocycles. The van der Waals surface area contributed by atoms with Crippen LogP contribution < -0.4 is 0 Å². The number of rotatable bonds is 3. The molecule has 0 aliphatic carbocycles. The van der Waals surface area contributed by atoms with Gasteiger partial charge in [0.15, 0.2) is 5.92 Å². The van der Waals surface area contributed by atoms with Crippen molar-refractivity contribution in [3.05, 3.63) is 9.66 Å². The van der Waals surface area contributed by atoms with Crippen LogP contribution in [-0.4, -0.2) is 23.6 Å². The van der Waals surface area contributed by atoms with Crippen molar-refractivity contribution in [2.45, 2.75) is 52.2 Å². The van der Waals surface area contributed by atoms with Crippen LogP contribution in [0.5, 0.6) is 0 Å². The molecule has 102 valence electrons. The van der Waals surface area contributed by atoms with Crippen molar-refractivity contribution in [2.75, 3.05) is 0 Å². The molecular weight excluding hydrogens is 347 g/mol. The molecule has 0 aromatic heterocycles. The minimum absolute atomic E-state index is 0.207. The van der Waals surface area contributed by atoms with Crippen molar-refractivity contribution in [3.63, 3.8) is 0 Å². The minimum Gasteiger partial charge on any atom is -0.461 e. The van der Waals surface area contributed by atoms with E-state index >= 15 is 0 Å². The third-order valence-corrected chi connectivity index (χ3v) is 3.56. The van der Waals surface area contributed by atoms with E-state index in [9.17, 15) is 9.59 Å². The highest BCUT2D eigenvalue weighted by Crippen LogP contribution is 2.28. The smallest absolute Gasteiger partial charge is 0.320 e. The lowest BCUT2D eigenvalue weighted by Crippen LogP contribution is -2.30. The highest BCUT2D eigenvalue weighted by molar-refractivity contribution is 14.1. The van der Waals surface area contributed by atoms with Gasteiger partial charge in [-0.15, -0.1) is 0 Å². The summed E-state index contributed by atoms with van der Waals surface area (Å²) in [5.41, 5.74) is 0.561. The van der Waals surface area contributed by atoms with Crippen LogP contribution in [0.4, 0.5) is 0 Å². The summed E-state index contributed by atoms with van der Waals surface area (Å²) in [7, 11) is 0. The SMILES string of the molecule is C/C(=C\I)CC1C[C@H](C(=O)OC(C)(C)C)C(=O)O1. The number of ether oxygens (including phenoxy) is 2. The van der Waals surface area contributed by atoms with Gasteiger partial charge in [0.25, 0.3) is 0 Å². The Bertz CT molecular complexity index is 368. The quantitative estimate of drug-likeness (QED) is 0.438. The summed E-state index contributed by atoms with van der Waals surface area (Å²) in [4.78, 5) is 23.5. The Hall–Kier alpha value is -0.590. The Morgan fingerprint density at radius 1 is 1.56 bits per heavy atom. The highest BCUT2D eigenvalue weighted by Gasteiger charge is 2.41. The summed E-state index contributed by atoms with van der Waals surface area (Å²) in [5.74, 6) is -1.71. The first-order chi connectivity index (χ1) is 8.23. The molecule has 1 fully saturated rings. The molecule has 18 heavy (non-hydrogen) atoms. The Morgan fingerprint density at radius 2 is 2.17 bits per heavy atom. The van der Waals surface area contributed by atoms with E-state index in [1.54, 1.807) is 20.8 Å². The number of carbonyl (C=O) groups excluding carboxylic acids is 2. The molecule has 0 radical (unpaired) electrons. The maximum Gasteiger partial charge on any atom is 0.320 e. The monoisotopic (exact) mass is 366 g/mol. The predicted octanol–water partition coefficient (Wildman–Crippen LogP) is 2.99. The lowest BCUT2D eigenvalue weighted by molar-refractivity contribution is -0.164. The van der Waals surface area contributed by atoms with Crippen LogP contribution >= 0.6 is 22.6 Å². The largest absolute Gasteiger partial charge is 0.461 e. The first-order valence-electron chi connectivity index (χ1n) is 5.92. The second-order valence-electron chi connectivity index (χ2n) is 5.54. The van der Waals surface area contributed by atoms with Gasteiger partial charge in [0.1, 0.15) is 11.7 Å². The highest BCUT2D eigenvalue weighted by atomic mass is 127. The standard InChI is InChI=1S/C13H19IO4/c1-8(7-14)5-9-6-10(11(15)17-9)12(16)18-13(2,3)4/h7,9-10H,5-6H2,1-4H3/b8-7+/t9?,10-/m0/s1. The number of carbonyl (C=O) groups is 2. The fourth-order valence-corrected chi connectivity index (χ4v) is 2.00. The van der Waals surface area contributed by atoms with Crippen molar-refractivity contribution < 1.29 is 19.1 Å². The molecule has 1 aliphatic heterocycles. The molecule has 1 unspecified atom stereocenters. The number of esters is 2. The molecule has 0 bridgehead atoms. The van der Waals surface area contributed by atoms with Gasteiger partial charge in [-0.05, 0) is 31.8 Å². The van der Waals surface area contributed by atoms with Crippen LogP contribution in [0.15, 0.2) is 9.66 Å². The van der Waals surface area contributed by atoms with Gasteiger partial charge in [-0.2, -0.15) is 0 Å². The first kappa shape index (κ1) is 15.5. The average Bonchev–Trinajstić information content (AvgIpc) is 2.56. The van der Waals surface area contributed by atoms with Gasteiger partial charge in [-0.3, -0.25) is 9.59 Å². The lowest BCUT2D eigenvalue weighted by atomic mass is 10.0. The summed E-state index contributed by atoms with van der Waals surface area (Å²) >= 11 is 2.15. The van der Waals surface area contributed by atoms with Crippen LogP contribution in [0.1, 0.15) is 40.5 Å².